The molecule has 4 rings (SSSR count). The molecule has 0 amide bonds. The summed E-state index contributed by atoms with van der Waals surface area (Å²) in [6, 6.07) is 6.74. The Kier molecular flexibility index (Phi) is 21.6. The molecule has 2 atom stereocenters. The topological polar surface area (TPSA) is 86.9 Å². The van der Waals surface area contributed by atoms with E-state index < -0.39 is 11.9 Å². The van der Waals surface area contributed by atoms with E-state index in [1.807, 2.05) is 0 Å². The summed E-state index contributed by atoms with van der Waals surface area (Å²) in [7, 11) is 0. The lowest BCUT2D eigenvalue weighted by Crippen LogP contribution is -2.15. The van der Waals surface area contributed by atoms with Crippen molar-refractivity contribution in [2.45, 2.75) is 129 Å². The lowest BCUT2D eigenvalue weighted by molar-refractivity contribution is 0.0450. The van der Waals surface area contributed by atoms with Gasteiger partial charge >= 0.3 is 11.9 Å². The minimum atomic E-state index is -0.444. The highest BCUT2D eigenvalue weighted by Gasteiger charge is 2.26. The zero-order chi connectivity index (χ0) is 30.8. The maximum absolute atomic E-state index is 12.4. The van der Waals surface area contributed by atoms with Crippen LogP contribution in [-0.4, -0.2) is 63.8 Å². The van der Waals surface area contributed by atoms with Gasteiger partial charge in [0, 0.05) is 0 Å². The van der Waals surface area contributed by atoms with Crippen LogP contribution in [0, 0.1) is 0 Å². The second-order valence-corrected chi connectivity index (χ2v) is 11.6. The molecule has 1 aliphatic carbocycles. The van der Waals surface area contributed by atoms with Crippen molar-refractivity contribution in [2.75, 3.05) is 39.6 Å². The maximum Gasteiger partial charge on any atom is 0.339 e. The summed E-state index contributed by atoms with van der Waals surface area (Å²) in [6.07, 6.45) is 24.4. The largest absolute Gasteiger partial charge is 0.462 e. The van der Waals surface area contributed by atoms with E-state index in [1.54, 1.807) is 24.3 Å². The molecule has 0 aromatic heterocycles. The van der Waals surface area contributed by atoms with Crippen LogP contribution in [0.2, 0.25) is 0 Å². The minimum Gasteiger partial charge on any atom is -0.462 e. The van der Waals surface area contributed by atoms with Crippen LogP contribution < -0.4 is 0 Å². The van der Waals surface area contributed by atoms with Gasteiger partial charge in [-0.1, -0.05) is 102 Å². The molecule has 2 aliphatic heterocycles. The second kappa shape index (κ2) is 25.1. The number of esters is 2. The monoisotopic (exact) mass is 602 g/mol. The summed E-state index contributed by atoms with van der Waals surface area (Å²) >= 11 is 0. The van der Waals surface area contributed by atoms with Crippen molar-refractivity contribution >= 4 is 11.9 Å². The molecule has 7 heteroatoms. The van der Waals surface area contributed by atoms with Gasteiger partial charge in [-0.15, -0.1) is 0 Å². The van der Waals surface area contributed by atoms with Gasteiger partial charge in [-0.2, -0.15) is 0 Å². The average molecular weight is 603 g/mol. The van der Waals surface area contributed by atoms with Crippen LogP contribution in [0.5, 0.6) is 0 Å². The van der Waals surface area contributed by atoms with E-state index in [0.717, 1.165) is 52.1 Å². The van der Waals surface area contributed by atoms with Gasteiger partial charge in [0.05, 0.1) is 50.8 Å². The van der Waals surface area contributed by atoms with Crippen molar-refractivity contribution in [3.05, 3.63) is 47.5 Å². The SMILES string of the molecule is C(OCC1CO1)C1CO1.C1=CCCCC1.CCCCCCCCOC(=O)c1ccccc1C(=O)OCCCCCCCC. The third-order valence-electron chi connectivity index (χ3n) is 7.40. The van der Waals surface area contributed by atoms with E-state index in [1.165, 1.54) is 77.0 Å². The van der Waals surface area contributed by atoms with Gasteiger partial charge in [-0.05, 0) is 50.7 Å². The number of ether oxygens (including phenoxy) is 5. The fourth-order valence-electron chi connectivity index (χ4n) is 4.51. The van der Waals surface area contributed by atoms with Crippen molar-refractivity contribution in [2.24, 2.45) is 0 Å². The van der Waals surface area contributed by atoms with Gasteiger partial charge in [0.1, 0.15) is 12.2 Å². The number of hydrogen-bond acceptors (Lipinski definition) is 7. The van der Waals surface area contributed by atoms with Gasteiger partial charge in [0.15, 0.2) is 0 Å². The van der Waals surface area contributed by atoms with Gasteiger partial charge in [-0.25, -0.2) is 9.59 Å². The number of unbranched alkanes of at least 4 members (excludes halogenated alkanes) is 10. The van der Waals surface area contributed by atoms with Gasteiger partial charge in [0.25, 0.3) is 0 Å². The highest BCUT2D eigenvalue weighted by molar-refractivity contribution is 6.03. The molecule has 2 fully saturated rings. The molecule has 1 aromatic carbocycles. The molecule has 2 unspecified atom stereocenters. The van der Waals surface area contributed by atoms with Crippen molar-refractivity contribution in [1.82, 2.24) is 0 Å². The van der Waals surface area contributed by atoms with E-state index in [0.29, 0.717) is 36.5 Å². The van der Waals surface area contributed by atoms with E-state index in [-0.39, 0.29) is 0 Å². The Morgan fingerprint density at radius 3 is 1.40 bits per heavy atom. The molecular weight excluding hydrogens is 544 g/mol. The predicted molar refractivity (Wildman–Crippen MR) is 172 cm³/mol. The van der Waals surface area contributed by atoms with Crippen molar-refractivity contribution in [1.29, 1.82) is 0 Å². The molecule has 7 nitrogen and oxygen atoms in total. The number of carbonyl (C=O) groups excluding carboxylic acids is 2. The first-order valence-corrected chi connectivity index (χ1v) is 17.0. The maximum atomic E-state index is 12.4. The molecule has 0 bridgehead atoms. The Balaban J connectivity index is 0.000000341. The molecule has 2 saturated heterocycles. The van der Waals surface area contributed by atoms with Crippen LogP contribution in [0.1, 0.15) is 137 Å². The number of rotatable bonds is 20. The first-order valence-electron chi connectivity index (χ1n) is 17.0. The summed E-state index contributed by atoms with van der Waals surface area (Å²) < 4.78 is 25.8. The van der Waals surface area contributed by atoms with Crippen molar-refractivity contribution in [3.63, 3.8) is 0 Å². The van der Waals surface area contributed by atoms with Gasteiger partial charge in [0.2, 0.25) is 0 Å². The van der Waals surface area contributed by atoms with Crippen LogP contribution in [0.3, 0.4) is 0 Å². The molecule has 0 radical (unpaired) electrons. The number of allylic oxidation sites excluding steroid dienone is 2. The Morgan fingerprint density at radius 1 is 0.651 bits per heavy atom. The van der Waals surface area contributed by atoms with E-state index in [9.17, 15) is 9.59 Å². The summed E-state index contributed by atoms with van der Waals surface area (Å²) in [4.78, 5) is 24.7. The number of hydrogen-bond donors (Lipinski definition) is 0. The molecule has 0 N–H and O–H groups in total. The molecule has 3 aliphatic rings. The molecular formula is C36H58O7. The standard InChI is InChI=1S/C24H38O4.C6H10O3.C6H10/c1-3-5-7-9-11-15-19-27-23(25)21-17-13-14-18-22(21)24(26)28-20-16-12-10-8-6-4-2;1(5-3-8-5)7-2-6-4-9-6;1-2-4-6-5-3-1/h13-14,17-18H,3-12,15-16,19-20H2,1-2H3;5-6H,1-4H2;1-2H,3-6H2. The molecule has 0 spiro atoms. The van der Waals surface area contributed by atoms with Crippen molar-refractivity contribution in [3.8, 4) is 0 Å². The summed E-state index contributed by atoms with van der Waals surface area (Å²) in [5.41, 5.74) is 0.586. The molecule has 1 aromatic rings. The number of epoxide rings is 2. The Bertz CT molecular complexity index is 807. The fraction of sp³-hybridized carbons (Fsp3) is 0.722. The molecule has 0 saturated carbocycles. The van der Waals surface area contributed by atoms with E-state index in [2.05, 4.69) is 26.0 Å². The highest BCUT2D eigenvalue weighted by Crippen LogP contribution is 2.15. The summed E-state index contributed by atoms with van der Waals surface area (Å²) in [5.74, 6) is -0.888. The first kappa shape index (κ1) is 37.0. The molecule has 2 heterocycles. The predicted octanol–water partition coefficient (Wildman–Crippen LogP) is 8.64. The number of benzene rings is 1. The quantitative estimate of drug-likeness (QED) is 0.0639. The lowest BCUT2D eigenvalue weighted by atomic mass is 10.1. The minimum absolute atomic E-state index is 0.293. The molecule has 43 heavy (non-hydrogen) atoms. The van der Waals surface area contributed by atoms with Crippen LogP contribution in [0.4, 0.5) is 0 Å². The van der Waals surface area contributed by atoms with Crippen LogP contribution in [0.25, 0.3) is 0 Å². The summed E-state index contributed by atoms with van der Waals surface area (Å²) in [6.45, 7) is 8.44. The van der Waals surface area contributed by atoms with E-state index in [4.69, 9.17) is 23.7 Å². The van der Waals surface area contributed by atoms with Gasteiger partial charge < -0.3 is 23.7 Å². The smallest absolute Gasteiger partial charge is 0.339 e. The highest BCUT2D eigenvalue weighted by atomic mass is 16.6. The molecule has 244 valence electrons. The van der Waals surface area contributed by atoms with Crippen LogP contribution in [-0.2, 0) is 23.7 Å². The normalized spacial score (nSPS) is 18.0. The Hall–Kier alpha value is -2.22. The Labute approximate surface area is 261 Å². The van der Waals surface area contributed by atoms with E-state index >= 15 is 0 Å². The summed E-state index contributed by atoms with van der Waals surface area (Å²) in [5, 5.41) is 0. The van der Waals surface area contributed by atoms with Crippen molar-refractivity contribution < 1.29 is 33.3 Å². The fourth-order valence-corrected chi connectivity index (χ4v) is 4.51. The third-order valence-corrected chi connectivity index (χ3v) is 7.40. The zero-order valence-electron chi connectivity index (χ0n) is 27.0. The first-order chi connectivity index (χ1) is 21.2. The Morgan fingerprint density at radius 2 is 1.05 bits per heavy atom. The number of carbonyl (C=O) groups is 2. The zero-order valence-corrected chi connectivity index (χ0v) is 27.0. The third kappa shape index (κ3) is 20.4. The lowest BCUT2D eigenvalue weighted by Gasteiger charge is -2.10. The van der Waals surface area contributed by atoms with Crippen LogP contribution in [0.15, 0.2) is 36.4 Å². The second-order valence-electron chi connectivity index (χ2n) is 11.6. The average Bonchev–Trinajstić information content (AvgIpc) is 3.99. The van der Waals surface area contributed by atoms with Gasteiger partial charge in [-0.3, -0.25) is 0 Å². The van der Waals surface area contributed by atoms with Crippen LogP contribution >= 0.6 is 0 Å².